The molecule has 32 heavy (non-hydrogen) atoms. The van der Waals surface area contributed by atoms with Crippen LogP contribution in [0.5, 0.6) is 0 Å². The number of carbonyl (C=O) groups is 2. The molecule has 2 aromatic carbocycles. The number of allylic oxidation sites excluding steroid dienone is 1. The van der Waals surface area contributed by atoms with Crippen LogP contribution in [0.2, 0.25) is 0 Å². The van der Waals surface area contributed by atoms with Gasteiger partial charge in [0.2, 0.25) is 5.91 Å². The van der Waals surface area contributed by atoms with E-state index in [-0.39, 0.29) is 24.1 Å². The van der Waals surface area contributed by atoms with Crippen LogP contribution in [0.3, 0.4) is 0 Å². The number of benzene rings is 2. The van der Waals surface area contributed by atoms with Crippen LogP contribution in [0.25, 0.3) is 0 Å². The molecule has 2 N–H and O–H groups in total. The molecule has 166 valence electrons. The zero-order valence-electron chi connectivity index (χ0n) is 17.7. The van der Waals surface area contributed by atoms with Gasteiger partial charge in [-0.05, 0) is 48.4 Å². The van der Waals surface area contributed by atoms with Crippen molar-refractivity contribution < 1.29 is 14.0 Å². The lowest BCUT2D eigenvalue weighted by atomic mass is 10.1. The maximum Gasteiger partial charge on any atom is 0.251 e. The Hall–Kier alpha value is -3.46. The van der Waals surface area contributed by atoms with Crippen LogP contribution in [0.1, 0.15) is 28.7 Å². The minimum absolute atomic E-state index is 0.133. The van der Waals surface area contributed by atoms with Gasteiger partial charge < -0.3 is 15.2 Å². The third-order valence-electron chi connectivity index (χ3n) is 4.60. The first-order chi connectivity index (χ1) is 15.5. The lowest BCUT2D eigenvalue weighted by molar-refractivity contribution is -0.113. The predicted molar refractivity (Wildman–Crippen MR) is 123 cm³/mol. The van der Waals surface area contributed by atoms with Crippen molar-refractivity contribution >= 4 is 29.3 Å². The second kappa shape index (κ2) is 11.2. The number of anilines is 1. The van der Waals surface area contributed by atoms with Crippen LogP contribution in [-0.2, 0) is 24.3 Å². The molecule has 0 bridgehead atoms. The number of hydrogen-bond acceptors (Lipinski definition) is 5. The Kier molecular flexibility index (Phi) is 8.15. The first-order valence-corrected chi connectivity index (χ1v) is 11.1. The van der Waals surface area contributed by atoms with E-state index in [1.54, 1.807) is 10.6 Å². The number of aryl methyl sites for hydroxylation is 1. The lowest BCUT2D eigenvalue weighted by Gasteiger charge is -2.09. The lowest BCUT2D eigenvalue weighted by Crippen LogP contribution is -2.25. The molecule has 0 aliphatic carbocycles. The van der Waals surface area contributed by atoms with E-state index in [1.807, 2.05) is 24.3 Å². The highest BCUT2D eigenvalue weighted by Gasteiger charge is 2.15. The first kappa shape index (κ1) is 23.2. The highest BCUT2D eigenvalue weighted by Crippen LogP contribution is 2.18. The van der Waals surface area contributed by atoms with Crippen LogP contribution >= 0.6 is 11.8 Å². The fourth-order valence-corrected chi connectivity index (χ4v) is 3.65. The summed E-state index contributed by atoms with van der Waals surface area (Å²) in [4.78, 5) is 24.6. The minimum Gasteiger partial charge on any atom is -0.345 e. The maximum atomic E-state index is 13.0. The number of thioether (sulfide) groups is 1. The topological polar surface area (TPSA) is 88.9 Å². The van der Waals surface area contributed by atoms with E-state index in [2.05, 4.69) is 34.3 Å². The van der Waals surface area contributed by atoms with Gasteiger partial charge in [-0.2, -0.15) is 0 Å². The summed E-state index contributed by atoms with van der Waals surface area (Å²) in [5.41, 5.74) is 2.29. The van der Waals surface area contributed by atoms with Crippen molar-refractivity contribution in [2.24, 2.45) is 0 Å². The zero-order valence-corrected chi connectivity index (χ0v) is 18.5. The molecular weight excluding hydrogens is 429 g/mol. The molecule has 0 aliphatic rings. The number of amides is 2. The molecule has 2 amide bonds. The zero-order chi connectivity index (χ0) is 22.9. The largest absolute Gasteiger partial charge is 0.345 e. The second-order valence-electron chi connectivity index (χ2n) is 6.87. The van der Waals surface area contributed by atoms with Crippen molar-refractivity contribution in [3.63, 3.8) is 0 Å². The average molecular weight is 454 g/mol. The van der Waals surface area contributed by atoms with Crippen LogP contribution in [0, 0.1) is 5.82 Å². The van der Waals surface area contributed by atoms with Crippen LogP contribution in [0.15, 0.2) is 66.3 Å². The highest BCUT2D eigenvalue weighted by molar-refractivity contribution is 7.99. The minimum atomic E-state index is -0.407. The number of carbonyl (C=O) groups excluding carboxylic acids is 2. The molecule has 0 unspecified atom stereocenters. The third kappa shape index (κ3) is 6.27. The van der Waals surface area contributed by atoms with Crippen molar-refractivity contribution in [3.8, 4) is 0 Å². The Morgan fingerprint density at radius 3 is 2.50 bits per heavy atom. The molecule has 7 nitrogen and oxygen atoms in total. The van der Waals surface area contributed by atoms with Gasteiger partial charge in [-0.25, -0.2) is 4.39 Å². The Bertz CT molecular complexity index is 1080. The first-order valence-electron chi connectivity index (χ1n) is 10.1. The number of halogens is 1. The molecule has 1 aromatic heterocycles. The molecule has 0 saturated carbocycles. The van der Waals surface area contributed by atoms with E-state index in [1.165, 1.54) is 41.6 Å². The molecule has 3 rings (SSSR count). The summed E-state index contributed by atoms with van der Waals surface area (Å²) < 4.78 is 14.8. The van der Waals surface area contributed by atoms with Crippen molar-refractivity contribution in [1.29, 1.82) is 0 Å². The van der Waals surface area contributed by atoms with Gasteiger partial charge in [0.05, 0.1) is 12.3 Å². The molecule has 3 aromatic rings. The van der Waals surface area contributed by atoms with E-state index in [0.717, 1.165) is 12.1 Å². The SMILES string of the molecule is C=CCn1c(CNC(=O)c2ccc(F)cc2)nnc1SCC(=O)Nc1ccc(CC)cc1. The number of hydrogen-bond donors (Lipinski definition) is 2. The number of nitrogens with zero attached hydrogens (tertiary/aromatic N) is 3. The van der Waals surface area contributed by atoms with Gasteiger partial charge in [0.15, 0.2) is 11.0 Å². The summed E-state index contributed by atoms with van der Waals surface area (Å²) in [6, 6.07) is 13.0. The van der Waals surface area contributed by atoms with E-state index in [9.17, 15) is 14.0 Å². The molecule has 0 spiro atoms. The summed E-state index contributed by atoms with van der Waals surface area (Å²) >= 11 is 1.25. The molecule has 0 saturated heterocycles. The molecular formula is C23H24FN5O2S. The number of aromatic nitrogens is 3. The summed E-state index contributed by atoms with van der Waals surface area (Å²) in [7, 11) is 0. The Labute approximate surface area is 190 Å². The van der Waals surface area contributed by atoms with Gasteiger partial charge in [-0.3, -0.25) is 9.59 Å². The van der Waals surface area contributed by atoms with E-state index < -0.39 is 5.82 Å². The molecule has 0 radical (unpaired) electrons. The Balaban J connectivity index is 1.58. The van der Waals surface area contributed by atoms with Gasteiger partial charge in [-0.1, -0.05) is 36.9 Å². The predicted octanol–water partition coefficient (Wildman–Crippen LogP) is 3.83. The van der Waals surface area contributed by atoms with Crippen LogP contribution < -0.4 is 10.6 Å². The summed E-state index contributed by atoms with van der Waals surface area (Å²) in [6.45, 7) is 6.38. The van der Waals surface area contributed by atoms with Gasteiger partial charge in [0, 0.05) is 17.8 Å². The molecule has 0 fully saturated rings. The maximum absolute atomic E-state index is 13.0. The average Bonchev–Trinajstić information content (AvgIpc) is 3.19. The number of rotatable bonds is 10. The normalized spacial score (nSPS) is 10.6. The van der Waals surface area contributed by atoms with Gasteiger partial charge in [-0.15, -0.1) is 16.8 Å². The van der Waals surface area contributed by atoms with Crippen molar-refractivity contribution in [3.05, 3.63) is 84.0 Å². The van der Waals surface area contributed by atoms with E-state index in [0.29, 0.717) is 23.1 Å². The van der Waals surface area contributed by atoms with E-state index in [4.69, 9.17) is 0 Å². The molecule has 1 heterocycles. The van der Waals surface area contributed by atoms with Crippen molar-refractivity contribution in [1.82, 2.24) is 20.1 Å². The van der Waals surface area contributed by atoms with Crippen molar-refractivity contribution in [2.75, 3.05) is 11.1 Å². The van der Waals surface area contributed by atoms with Gasteiger partial charge in [0.1, 0.15) is 5.82 Å². The fraction of sp³-hybridized carbons (Fsp3) is 0.217. The summed E-state index contributed by atoms with van der Waals surface area (Å²) in [5, 5.41) is 14.4. The number of nitrogens with one attached hydrogen (secondary N) is 2. The summed E-state index contributed by atoms with van der Waals surface area (Å²) in [6.07, 6.45) is 2.63. The Morgan fingerprint density at radius 2 is 1.84 bits per heavy atom. The third-order valence-corrected chi connectivity index (χ3v) is 5.56. The molecule has 0 atom stereocenters. The quantitative estimate of drug-likeness (QED) is 0.360. The van der Waals surface area contributed by atoms with Crippen LogP contribution in [-0.4, -0.2) is 32.3 Å². The van der Waals surface area contributed by atoms with Gasteiger partial charge >= 0.3 is 0 Å². The second-order valence-corrected chi connectivity index (χ2v) is 7.82. The molecule has 0 aliphatic heterocycles. The standard InChI is InChI=1S/C23H24FN5O2S/c1-3-13-29-20(14-25-22(31)17-7-9-18(24)10-8-17)27-28-23(29)32-15-21(30)26-19-11-5-16(4-2)6-12-19/h3,5-12H,1,4,13-15H2,2H3,(H,25,31)(H,26,30). The Morgan fingerprint density at radius 1 is 1.12 bits per heavy atom. The highest BCUT2D eigenvalue weighted by atomic mass is 32.2. The van der Waals surface area contributed by atoms with E-state index >= 15 is 0 Å². The van der Waals surface area contributed by atoms with Crippen LogP contribution in [0.4, 0.5) is 10.1 Å². The molecule has 9 heteroatoms. The van der Waals surface area contributed by atoms with Crippen molar-refractivity contribution in [2.45, 2.75) is 31.6 Å². The van der Waals surface area contributed by atoms with Gasteiger partial charge in [0.25, 0.3) is 5.91 Å². The summed E-state index contributed by atoms with van der Waals surface area (Å²) in [5.74, 6) is -0.221. The smallest absolute Gasteiger partial charge is 0.251 e. The fourth-order valence-electron chi connectivity index (χ4n) is 2.88. The monoisotopic (exact) mass is 453 g/mol.